The van der Waals surface area contributed by atoms with E-state index in [1.54, 1.807) is 24.3 Å². The number of hydrogen-bond acceptors (Lipinski definition) is 7. The highest BCUT2D eigenvalue weighted by molar-refractivity contribution is 6.31. The molecule has 0 spiro atoms. The van der Waals surface area contributed by atoms with E-state index in [2.05, 4.69) is 15.3 Å². The SMILES string of the molecule is Cc1ccc(-c2nc(CN3N=N[C@H]4C(=O)N(c5cccc(Cl)c5)C(=O)[C@@H]43)c(C)o2)cc1. The van der Waals surface area contributed by atoms with Crippen LogP contribution in [0, 0.1) is 13.8 Å². The van der Waals surface area contributed by atoms with Gasteiger partial charge in [0.05, 0.1) is 12.2 Å². The van der Waals surface area contributed by atoms with Crippen molar-refractivity contribution in [2.24, 2.45) is 10.3 Å². The predicted octanol–water partition coefficient (Wildman–Crippen LogP) is 4.11. The molecule has 0 aliphatic carbocycles. The lowest BCUT2D eigenvalue weighted by Gasteiger charge is -2.20. The highest BCUT2D eigenvalue weighted by Crippen LogP contribution is 2.34. The van der Waals surface area contributed by atoms with E-state index in [4.69, 9.17) is 16.0 Å². The summed E-state index contributed by atoms with van der Waals surface area (Å²) in [5.41, 5.74) is 3.06. The number of hydrogen-bond donors (Lipinski definition) is 0. The third kappa shape index (κ3) is 3.29. The monoisotopic (exact) mass is 435 g/mol. The minimum atomic E-state index is -0.879. The molecule has 0 unspecified atom stereocenters. The van der Waals surface area contributed by atoms with Crippen LogP contribution in [0.1, 0.15) is 17.0 Å². The Bertz CT molecular complexity index is 1220. The maximum atomic E-state index is 13.1. The van der Waals surface area contributed by atoms with Gasteiger partial charge in [-0.2, -0.15) is 5.11 Å². The van der Waals surface area contributed by atoms with Crippen LogP contribution in [0.2, 0.25) is 5.02 Å². The molecule has 1 aromatic heterocycles. The van der Waals surface area contributed by atoms with Crippen LogP contribution in [-0.2, 0) is 16.1 Å². The first kappa shape index (κ1) is 19.4. The molecule has 2 aliphatic heterocycles. The van der Waals surface area contributed by atoms with E-state index >= 15 is 0 Å². The van der Waals surface area contributed by atoms with Gasteiger partial charge in [-0.25, -0.2) is 9.88 Å². The minimum Gasteiger partial charge on any atom is -0.441 e. The molecule has 2 aromatic carbocycles. The van der Waals surface area contributed by atoms with Gasteiger partial charge in [-0.05, 0) is 44.2 Å². The van der Waals surface area contributed by atoms with Gasteiger partial charge in [-0.3, -0.25) is 14.6 Å². The second-order valence-electron chi connectivity index (χ2n) is 7.57. The molecular weight excluding hydrogens is 418 g/mol. The van der Waals surface area contributed by atoms with Crippen LogP contribution >= 0.6 is 11.6 Å². The number of imide groups is 1. The number of aryl methyl sites for hydroxylation is 2. The highest BCUT2D eigenvalue weighted by Gasteiger charge is 2.54. The summed E-state index contributed by atoms with van der Waals surface area (Å²) in [7, 11) is 0. The molecule has 2 aliphatic rings. The van der Waals surface area contributed by atoms with Gasteiger partial charge in [0.15, 0.2) is 12.1 Å². The number of aromatic nitrogens is 1. The van der Waals surface area contributed by atoms with Crippen molar-refractivity contribution in [3.05, 3.63) is 70.6 Å². The van der Waals surface area contributed by atoms with Crippen molar-refractivity contribution in [2.75, 3.05) is 4.90 Å². The number of rotatable bonds is 4. The van der Waals surface area contributed by atoms with E-state index in [0.717, 1.165) is 16.0 Å². The highest BCUT2D eigenvalue weighted by atomic mass is 35.5. The van der Waals surface area contributed by atoms with Gasteiger partial charge in [0.25, 0.3) is 11.8 Å². The average Bonchev–Trinajstić information content (AvgIpc) is 3.39. The molecule has 1 fully saturated rings. The Labute approximate surface area is 183 Å². The van der Waals surface area contributed by atoms with Crippen molar-refractivity contribution in [3.8, 4) is 11.5 Å². The van der Waals surface area contributed by atoms with Crippen molar-refractivity contribution in [1.29, 1.82) is 0 Å². The summed E-state index contributed by atoms with van der Waals surface area (Å²) in [6.45, 7) is 4.02. The Morgan fingerprint density at radius 1 is 1.06 bits per heavy atom. The van der Waals surface area contributed by atoms with E-state index in [1.165, 1.54) is 5.01 Å². The summed E-state index contributed by atoms with van der Waals surface area (Å²) < 4.78 is 5.83. The molecule has 0 radical (unpaired) electrons. The smallest absolute Gasteiger partial charge is 0.263 e. The average molecular weight is 436 g/mol. The Balaban J connectivity index is 1.40. The van der Waals surface area contributed by atoms with Crippen LogP contribution in [0.3, 0.4) is 0 Å². The van der Waals surface area contributed by atoms with E-state index in [9.17, 15) is 9.59 Å². The van der Waals surface area contributed by atoms with Gasteiger partial charge < -0.3 is 4.42 Å². The molecule has 0 saturated carbocycles. The lowest BCUT2D eigenvalue weighted by Crippen LogP contribution is -2.39. The molecule has 2 atom stereocenters. The summed E-state index contributed by atoms with van der Waals surface area (Å²) in [6, 6.07) is 12.8. The Morgan fingerprint density at radius 2 is 1.84 bits per heavy atom. The van der Waals surface area contributed by atoms with E-state index in [0.29, 0.717) is 28.1 Å². The van der Waals surface area contributed by atoms with Crippen molar-refractivity contribution >= 4 is 29.1 Å². The zero-order valence-electron chi connectivity index (χ0n) is 16.8. The first-order valence-electron chi connectivity index (χ1n) is 9.76. The fourth-order valence-electron chi connectivity index (χ4n) is 3.77. The summed E-state index contributed by atoms with van der Waals surface area (Å²) in [5.74, 6) is 0.315. The maximum absolute atomic E-state index is 13.1. The van der Waals surface area contributed by atoms with Gasteiger partial charge in [0.2, 0.25) is 5.89 Å². The number of oxazole rings is 1. The Morgan fingerprint density at radius 3 is 2.58 bits per heavy atom. The van der Waals surface area contributed by atoms with Crippen molar-refractivity contribution in [2.45, 2.75) is 32.5 Å². The first-order chi connectivity index (χ1) is 14.9. The molecule has 8 nitrogen and oxygen atoms in total. The van der Waals surface area contributed by atoms with E-state index in [-0.39, 0.29) is 12.5 Å². The fraction of sp³-hybridized carbons (Fsp3) is 0.227. The summed E-state index contributed by atoms with van der Waals surface area (Å²) in [5, 5.41) is 10.1. The van der Waals surface area contributed by atoms with Gasteiger partial charge in [-0.1, -0.05) is 40.6 Å². The fourth-order valence-corrected chi connectivity index (χ4v) is 3.96. The van der Waals surface area contributed by atoms with Gasteiger partial charge >= 0.3 is 0 Å². The first-order valence-corrected chi connectivity index (χ1v) is 10.1. The molecule has 0 N–H and O–H groups in total. The molecule has 31 heavy (non-hydrogen) atoms. The number of carbonyl (C=O) groups excluding carboxylic acids is 2. The zero-order chi connectivity index (χ0) is 21.7. The van der Waals surface area contributed by atoms with Crippen LogP contribution in [0.25, 0.3) is 11.5 Å². The summed E-state index contributed by atoms with van der Waals surface area (Å²) >= 11 is 6.03. The topological polar surface area (TPSA) is 91.4 Å². The minimum absolute atomic E-state index is 0.203. The third-order valence-electron chi connectivity index (χ3n) is 5.43. The van der Waals surface area contributed by atoms with Gasteiger partial charge in [0, 0.05) is 10.6 Å². The van der Waals surface area contributed by atoms with E-state index in [1.807, 2.05) is 38.1 Å². The second kappa shape index (κ2) is 7.31. The molecule has 9 heteroatoms. The number of anilines is 1. The third-order valence-corrected chi connectivity index (χ3v) is 5.66. The Hall–Kier alpha value is -3.52. The molecule has 1 saturated heterocycles. The predicted molar refractivity (Wildman–Crippen MR) is 113 cm³/mol. The number of amides is 2. The lowest BCUT2D eigenvalue weighted by atomic mass is 10.1. The molecule has 3 aromatic rings. The summed E-state index contributed by atoms with van der Waals surface area (Å²) in [6.07, 6.45) is 0. The number of nitrogens with zero attached hydrogens (tertiary/aromatic N) is 5. The quantitative estimate of drug-likeness (QED) is 0.575. The number of halogens is 1. The molecule has 0 bridgehead atoms. The van der Waals surface area contributed by atoms with Crippen LogP contribution in [0.4, 0.5) is 5.69 Å². The number of carbonyl (C=O) groups is 2. The van der Waals surface area contributed by atoms with Crippen LogP contribution in [-0.4, -0.2) is 33.9 Å². The van der Waals surface area contributed by atoms with Crippen LogP contribution in [0.5, 0.6) is 0 Å². The van der Waals surface area contributed by atoms with Gasteiger partial charge in [-0.15, -0.1) is 0 Å². The number of benzene rings is 2. The second-order valence-corrected chi connectivity index (χ2v) is 8.01. The normalized spacial score (nSPS) is 20.1. The maximum Gasteiger partial charge on any atom is 0.263 e. The molecule has 5 rings (SSSR count). The Kier molecular flexibility index (Phi) is 4.59. The molecule has 156 valence electrons. The van der Waals surface area contributed by atoms with Crippen molar-refractivity contribution in [1.82, 2.24) is 9.99 Å². The molecular formula is C22H18ClN5O3. The standard InChI is InChI=1S/C22H18ClN5O3/c1-12-6-8-14(9-7-12)20-24-17(13(2)31-20)11-27-19-18(25-26-27)21(29)28(22(19)30)16-5-3-4-15(23)10-16/h3-10,18-19H,11H2,1-2H3/t18-,19-/m1/s1. The largest absolute Gasteiger partial charge is 0.441 e. The van der Waals surface area contributed by atoms with Crippen LogP contribution < -0.4 is 4.90 Å². The van der Waals surface area contributed by atoms with Crippen molar-refractivity contribution in [3.63, 3.8) is 0 Å². The molecule has 3 heterocycles. The van der Waals surface area contributed by atoms with Crippen molar-refractivity contribution < 1.29 is 14.0 Å². The zero-order valence-corrected chi connectivity index (χ0v) is 17.6. The lowest BCUT2D eigenvalue weighted by molar-refractivity contribution is -0.123. The van der Waals surface area contributed by atoms with Gasteiger partial charge in [0.1, 0.15) is 11.5 Å². The number of fused-ring (bicyclic) bond motifs is 1. The summed E-state index contributed by atoms with van der Waals surface area (Å²) in [4.78, 5) is 31.7. The van der Waals surface area contributed by atoms with Crippen LogP contribution in [0.15, 0.2) is 63.3 Å². The van der Waals surface area contributed by atoms with E-state index < -0.39 is 18.0 Å². The molecule has 2 amide bonds.